The lowest BCUT2D eigenvalue weighted by molar-refractivity contribution is 0.607. The van der Waals surface area contributed by atoms with Crippen LogP contribution in [0.4, 0.5) is 0 Å². The monoisotopic (exact) mass is 480 g/mol. The van der Waals surface area contributed by atoms with E-state index in [2.05, 4.69) is 62.4 Å². The first-order valence-electron chi connectivity index (χ1n) is 13.4. The fraction of sp³-hybridized carbons (Fsp3) is 0.548. The van der Waals surface area contributed by atoms with Gasteiger partial charge in [0.25, 0.3) is 0 Å². The van der Waals surface area contributed by atoms with Gasteiger partial charge in [-0.3, -0.25) is 0 Å². The third-order valence-electron chi connectivity index (χ3n) is 6.51. The normalized spacial score (nSPS) is 11.0. The Hall–Kier alpha value is -1.38. The summed E-state index contributed by atoms with van der Waals surface area (Å²) in [5, 5.41) is 0. The van der Waals surface area contributed by atoms with Gasteiger partial charge in [-0.05, 0) is 47.9 Å². The SMILES string of the molecule is CCCCCCCCc1ccc(C(=S)CC(=S)c2ccc(CCCCCCCC)cc2)cc1. The lowest BCUT2D eigenvalue weighted by Gasteiger charge is -2.09. The van der Waals surface area contributed by atoms with E-state index in [4.69, 9.17) is 24.4 Å². The molecule has 0 atom stereocenters. The predicted octanol–water partition coefficient (Wildman–Crippen LogP) is 10.0. The zero-order chi connectivity index (χ0) is 23.7. The van der Waals surface area contributed by atoms with E-state index >= 15 is 0 Å². The van der Waals surface area contributed by atoms with Crippen LogP contribution in [0.15, 0.2) is 48.5 Å². The van der Waals surface area contributed by atoms with Crippen LogP contribution in [0.5, 0.6) is 0 Å². The Kier molecular flexibility index (Phi) is 14.4. The molecule has 0 unspecified atom stereocenters. The summed E-state index contributed by atoms with van der Waals surface area (Å²) >= 11 is 11.5. The highest BCUT2D eigenvalue weighted by molar-refractivity contribution is 7.82. The van der Waals surface area contributed by atoms with Gasteiger partial charge < -0.3 is 0 Å². The minimum atomic E-state index is 0.679. The minimum absolute atomic E-state index is 0.679. The summed E-state index contributed by atoms with van der Waals surface area (Å²) in [5.74, 6) is 0. The molecule has 0 heterocycles. The number of hydrogen-bond acceptors (Lipinski definition) is 2. The topological polar surface area (TPSA) is 0 Å². The lowest BCUT2D eigenvalue weighted by Crippen LogP contribution is -2.07. The molecule has 180 valence electrons. The maximum absolute atomic E-state index is 5.73. The van der Waals surface area contributed by atoms with Crippen LogP contribution >= 0.6 is 24.4 Å². The molecule has 0 aliphatic heterocycles. The molecular formula is C31H44S2. The Balaban J connectivity index is 1.73. The van der Waals surface area contributed by atoms with Crippen LogP contribution in [0.1, 0.15) is 120 Å². The molecule has 0 amide bonds. The maximum Gasteiger partial charge on any atom is 0.0277 e. The van der Waals surface area contributed by atoms with Crippen molar-refractivity contribution in [2.75, 3.05) is 0 Å². The number of rotatable bonds is 18. The number of aryl methyl sites for hydroxylation is 2. The average molecular weight is 481 g/mol. The Labute approximate surface area is 214 Å². The van der Waals surface area contributed by atoms with Crippen LogP contribution in [0.3, 0.4) is 0 Å². The highest BCUT2D eigenvalue weighted by Crippen LogP contribution is 2.16. The van der Waals surface area contributed by atoms with Crippen molar-refractivity contribution in [2.45, 2.75) is 110 Å². The first kappa shape index (κ1) is 27.9. The Morgan fingerprint density at radius 2 is 0.818 bits per heavy atom. The van der Waals surface area contributed by atoms with Crippen molar-refractivity contribution in [3.8, 4) is 0 Å². The summed E-state index contributed by atoms with van der Waals surface area (Å²) in [6.45, 7) is 4.54. The van der Waals surface area contributed by atoms with Gasteiger partial charge in [-0.25, -0.2) is 0 Å². The molecule has 0 aliphatic rings. The Morgan fingerprint density at radius 3 is 1.18 bits per heavy atom. The van der Waals surface area contributed by atoms with Gasteiger partial charge in [0.15, 0.2) is 0 Å². The molecule has 2 aromatic rings. The molecule has 0 N–H and O–H groups in total. The van der Waals surface area contributed by atoms with Crippen LogP contribution in [0.25, 0.3) is 0 Å². The van der Waals surface area contributed by atoms with Crippen molar-refractivity contribution in [1.82, 2.24) is 0 Å². The highest BCUT2D eigenvalue weighted by Gasteiger charge is 2.08. The van der Waals surface area contributed by atoms with Gasteiger partial charge in [-0.2, -0.15) is 0 Å². The number of hydrogen-bond donors (Lipinski definition) is 0. The van der Waals surface area contributed by atoms with Crippen molar-refractivity contribution < 1.29 is 0 Å². The van der Waals surface area contributed by atoms with Crippen LogP contribution in [-0.4, -0.2) is 9.73 Å². The van der Waals surface area contributed by atoms with E-state index in [0.717, 1.165) is 20.9 Å². The van der Waals surface area contributed by atoms with Gasteiger partial charge in [0, 0.05) is 16.1 Å². The van der Waals surface area contributed by atoms with E-state index in [1.165, 1.54) is 101 Å². The molecule has 2 rings (SSSR count). The molecule has 0 nitrogen and oxygen atoms in total. The van der Waals surface area contributed by atoms with Gasteiger partial charge >= 0.3 is 0 Å². The first-order valence-corrected chi connectivity index (χ1v) is 14.2. The van der Waals surface area contributed by atoms with Gasteiger partial charge in [0.2, 0.25) is 0 Å². The van der Waals surface area contributed by atoms with E-state index in [0.29, 0.717) is 6.42 Å². The van der Waals surface area contributed by atoms with Crippen molar-refractivity contribution in [3.05, 3.63) is 70.8 Å². The zero-order valence-corrected chi connectivity index (χ0v) is 22.7. The molecule has 0 aromatic heterocycles. The maximum atomic E-state index is 5.73. The number of benzene rings is 2. The van der Waals surface area contributed by atoms with Crippen LogP contribution in [0.2, 0.25) is 0 Å². The minimum Gasteiger partial charge on any atom is -0.0839 e. The first-order chi connectivity index (χ1) is 16.1. The fourth-order valence-electron chi connectivity index (χ4n) is 4.28. The molecular weight excluding hydrogens is 436 g/mol. The standard InChI is InChI=1S/C31H44S2/c1-3-5-7-9-11-13-15-26-17-21-28(22-18-26)30(32)25-31(33)29-23-19-27(20-24-29)16-14-12-10-8-6-4-2/h17-24H,3-16,25H2,1-2H3. The second-order valence-electron chi connectivity index (χ2n) is 9.45. The van der Waals surface area contributed by atoms with Crippen molar-refractivity contribution in [1.29, 1.82) is 0 Å². The molecule has 0 radical (unpaired) electrons. The van der Waals surface area contributed by atoms with E-state index in [-0.39, 0.29) is 0 Å². The molecule has 2 heteroatoms. The smallest absolute Gasteiger partial charge is 0.0277 e. The molecule has 2 aromatic carbocycles. The largest absolute Gasteiger partial charge is 0.0839 e. The molecule has 0 saturated carbocycles. The third-order valence-corrected chi connectivity index (χ3v) is 7.27. The Morgan fingerprint density at radius 1 is 0.485 bits per heavy atom. The summed E-state index contributed by atoms with van der Waals surface area (Å²) in [6, 6.07) is 17.7. The van der Waals surface area contributed by atoms with Gasteiger partial charge in [-0.1, -0.05) is 151 Å². The quantitative estimate of drug-likeness (QED) is 0.118. The summed E-state index contributed by atoms with van der Waals surface area (Å²) in [5.41, 5.74) is 5.11. The highest BCUT2D eigenvalue weighted by atomic mass is 32.1. The lowest BCUT2D eigenvalue weighted by atomic mass is 9.99. The second-order valence-corrected chi connectivity index (χ2v) is 10.4. The summed E-state index contributed by atoms with van der Waals surface area (Å²) in [6.07, 6.45) is 19.1. The average Bonchev–Trinajstić information content (AvgIpc) is 2.84. The van der Waals surface area contributed by atoms with E-state index in [1.807, 2.05) is 0 Å². The summed E-state index contributed by atoms with van der Waals surface area (Å²) in [4.78, 5) is 1.89. The molecule has 0 aliphatic carbocycles. The van der Waals surface area contributed by atoms with Gasteiger partial charge in [0.1, 0.15) is 0 Å². The molecule has 33 heavy (non-hydrogen) atoms. The number of unbranched alkanes of at least 4 members (excludes halogenated alkanes) is 10. The van der Waals surface area contributed by atoms with E-state index in [9.17, 15) is 0 Å². The predicted molar refractivity (Wildman–Crippen MR) is 155 cm³/mol. The fourth-order valence-corrected chi connectivity index (χ4v) is 4.94. The van der Waals surface area contributed by atoms with Crippen LogP contribution < -0.4 is 0 Å². The van der Waals surface area contributed by atoms with Crippen LogP contribution in [0, 0.1) is 0 Å². The summed E-state index contributed by atoms with van der Waals surface area (Å²) in [7, 11) is 0. The molecule has 0 bridgehead atoms. The van der Waals surface area contributed by atoms with E-state index < -0.39 is 0 Å². The van der Waals surface area contributed by atoms with Gasteiger partial charge in [0.05, 0.1) is 0 Å². The number of thiocarbonyl (C=S) groups is 2. The molecule has 0 fully saturated rings. The van der Waals surface area contributed by atoms with E-state index in [1.54, 1.807) is 0 Å². The summed E-state index contributed by atoms with van der Waals surface area (Å²) < 4.78 is 0. The second kappa shape index (κ2) is 17.1. The molecule has 0 saturated heterocycles. The third kappa shape index (κ3) is 11.5. The van der Waals surface area contributed by atoms with Crippen molar-refractivity contribution >= 4 is 34.2 Å². The van der Waals surface area contributed by atoms with Crippen molar-refractivity contribution in [3.63, 3.8) is 0 Å². The van der Waals surface area contributed by atoms with Crippen molar-refractivity contribution in [2.24, 2.45) is 0 Å². The zero-order valence-electron chi connectivity index (χ0n) is 21.0. The van der Waals surface area contributed by atoms with Crippen LogP contribution in [-0.2, 0) is 12.8 Å². The van der Waals surface area contributed by atoms with Gasteiger partial charge in [-0.15, -0.1) is 0 Å². The Bertz CT molecular complexity index is 732. The molecule has 0 spiro atoms.